The number of aromatic nitrogens is 1. The molecule has 26 heavy (non-hydrogen) atoms. The maximum Gasteiger partial charge on any atom is 0.236 e. The van der Waals surface area contributed by atoms with Gasteiger partial charge in [0.2, 0.25) is 11.8 Å². The molecule has 3 heterocycles. The van der Waals surface area contributed by atoms with E-state index in [1.165, 1.54) is 0 Å². The lowest BCUT2D eigenvalue weighted by Crippen LogP contribution is -2.55. The smallest absolute Gasteiger partial charge is 0.236 e. The molecule has 0 aliphatic carbocycles. The molecule has 1 aromatic rings. The van der Waals surface area contributed by atoms with Crippen molar-refractivity contribution in [1.29, 1.82) is 0 Å². The molecule has 142 valence electrons. The fraction of sp³-hybridized carbons (Fsp3) is 0.650. The molecule has 2 saturated heterocycles. The Labute approximate surface area is 156 Å². The first-order chi connectivity index (χ1) is 12.5. The number of likely N-dealkylation sites (N-methyl/N-ethyl adjacent to an activating group) is 1. The van der Waals surface area contributed by atoms with Crippen molar-refractivity contribution in [1.82, 2.24) is 19.7 Å². The van der Waals surface area contributed by atoms with E-state index in [-0.39, 0.29) is 17.2 Å². The molecule has 0 bridgehead atoms. The Morgan fingerprint density at radius 1 is 1.35 bits per heavy atom. The van der Waals surface area contributed by atoms with Crippen molar-refractivity contribution >= 4 is 11.8 Å². The average Bonchev–Trinajstić information content (AvgIpc) is 2.65. The van der Waals surface area contributed by atoms with E-state index in [1.54, 1.807) is 6.20 Å². The molecule has 0 saturated carbocycles. The van der Waals surface area contributed by atoms with Gasteiger partial charge in [-0.2, -0.15) is 0 Å². The van der Waals surface area contributed by atoms with E-state index in [0.29, 0.717) is 13.0 Å². The molecule has 2 aliphatic heterocycles. The zero-order chi connectivity index (χ0) is 18.6. The number of rotatable bonds is 5. The standard InChI is InChI=1S/C20H30N4O2/c1-3-23-15-20(9-7-18(23)25)8-5-11-24(16-20)19(26)14-22(2)13-17-6-4-10-21-12-17/h4,6,10,12H,3,5,7-9,11,13-16H2,1-2H3. The second-order valence-corrected chi connectivity index (χ2v) is 7.86. The lowest BCUT2D eigenvalue weighted by atomic mass is 9.73. The zero-order valence-corrected chi connectivity index (χ0v) is 16.0. The number of carbonyl (C=O) groups excluding carboxylic acids is 2. The molecule has 3 rings (SSSR count). The van der Waals surface area contributed by atoms with Crippen LogP contribution in [0.2, 0.25) is 0 Å². The summed E-state index contributed by atoms with van der Waals surface area (Å²) in [5.41, 5.74) is 1.21. The van der Waals surface area contributed by atoms with Crippen molar-refractivity contribution in [3.63, 3.8) is 0 Å². The molecule has 1 spiro atoms. The maximum absolute atomic E-state index is 12.8. The zero-order valence-electron chi connectivity index (χ0n) is 16.0. The number of likely N-dealkylation sites (tertiary alicyclic amines) is 2. The second-order valence-electron chi connectivity index (χ2n) is 7.86. The highest BCUT2D eigenvalue weighted by atomic mass is 16.2. The Morgan fingerprint density at radius 2 is 2.19 bits per heavy atom. The van der Waals surface area contributed by atoms with Gasteiger partial charge in [-0.15, -0.1) is 0 Å². The molecule has 0 aromatic carbocycles. The minimum Gasteiger partial charge on any atom is -0.342 e. The van der Waals surface area contributed by atoms with Gasteiger partial charge in [0.15, 0.2) is 0 Å². The van der Waals surface area contributed by atoms with Crippen LogP contribution in [-0.4, -0.2) is 71.3 Å². The van der Waals surface area contributed by atoms with Gasteiger partial charge in [0.1, 0.15) is 0 Å². The Morgan fingerprint density at radius 3 is 2.92 bits per heavy atom. The van der Waals surface area contributed by atoms with Crippen molar-refractivity contribution in [2.24, 2.45) is 5.41 Å². The lowest BCUT2D eigenvalue weighted by molar-refractivity contribution is -0.143. The number of piperidine rings is 2. The highest BCUT2D eigenvalue weighted by Crippen LogP contribution is 2.38. The van der Waals surface area contributed by atoms with Gasteiger partial charge in [-0.05, 0) is 44.9 Å². The van der Waals surface area contributed by atoms with Crippen LogP contribution < -0.4 is 0 Å². The fourth-order valence-electron chi connectivity index (χ4n) is 4.33. The van der Waals surface area contributed by atoms with Crippen molar-refractivity contribution in [2.45, 2.75) is 39.2 Å². The molecule has 1 atom stereocenters. The summed E-state index contributed by atoms with van der Waals surface area (Å²) in [5, 5.41) is 0. The summed E-state index contributed by atoms with van der Waals surface area (Å²) < 4.78 is 0. The Balaban J connectivity index is 1.57. The third-order valence-electron chi connectivity index (χ3n) is 5.72. The third kappa shape index (κ3) is 4.41. The van der Waals surface area contributed by atoms with Crippen LogP contribution in [0.1, 0.15) is 38.2 Å². The van der Waals surface area contributed by atoms with Crippen LogP contribution in [0.15, 0.2) is 24.5 Å². The van der Waals surface area contributed by atoms with Gasteiger partial charge in [0.25, 0.3) is 0 Å². The molecule has 2 aliphatic rings. The minimum absolute atomic E-state index is 0.0970. The Kier molecular flexibility index (Phi) is 5.91. The van der Waals surface area contributed by atoms with Crippen LogP contribution in [0.25, 0.3) is 0 Å². The molecule has 1 aromatic heterocycles. The Bertz CT molecular complexity index is 636. The summed E-state index contributed by atoms with van der Waals surface area (Å²) in [5.74, 6) is 0.452. The van der Waals surface area contributed by atoms with Gasteiger partial charge in [-0.25, -0.2) is 0 Å². The van der Waals surface area contributed by atoms with E-state index in [0.717, 1.165) is 57.5 Å². The fourth-order valence-corrected chi connectivity index (χ4v) is 4.33. The molecular formula is C20H30N4O2. The van der Waals surface area contributed by atoms with Gasteiger partial charge < -0.3 is 9.80 Å². The molecule has 0 N–H and O–H groups in total. The molecule has 6 heteroatoms. The molecule has 1 unspecified atom stereocenters. The highest BCUT2D eigenvalue weighted by molar-refractivity contribution is 5.79. The van der Waals surface area contributed by atoms with Crippen molar-refractivity contribution in [3.05, 3.63) is 30.1 Å². The van der Waals surface area contributed by atoms with Gasteiger partial charge in [0.05, 0.1) is 6.54 Å². The quantitative estimate of drug-likeness (QED) is 0.805. The number of amides is 2. The molecule has 2 amide bonds. The van der Waals surface area contributed by atoms with Crippen molar-refractivity contribution in [2.75, 3.05) is 39.8 Å². The number of nitrogens with zero attached hydrogens (tertiary/aromatic N) is 4. The summed E-state index contributed by atoms with van der Waals surface area (Å²) >= 11 is 0. The minimum atomic E-state index is 0.0970. The van der Waals surface area contributed by atoms with Crippen molar-refractivity contribution in [3.8, 4) is 0 Å². The normalized spacial score (nSPS) is 23.7. The van der Waals surface area contributed by atoms with Crippen LogP contribution in [0.4, 0.5) is 0 Å². The summed E-state index contributed by atoms with van der Waals surface area (Å²) in [6.07, 6.45) is 7.29. The van der Waals surface area contributed by atoms with Crippen LogP contribution in [0.5, 0.6) is 0 Å². The van der Waals surface area contributed by atoms with E-state index in [9.17, 15) is 9.59 Å². The summed E-state index contributed by atoms with van der Waals surface area (Å²) in [4.78, 5) is 35.0. The lowest BCUT2D eigenvalue weighted by Gasteiger charge is -2.48. The predicted molar refractivity (Wildman–Crippen MR) is 100 cm³/mol. The van der Waals surface area contributed by atoms with E-state index in [4.69, 9.17) is 0 Å². The van der Waals surface area contributed by atoms with Gasteiger partial charge in [0, 0.05) is 57.0 Å². The number of pyridine rings is 1. The molecular weight excluding hydrogens is 328 g/mol. The van der Waals surface area contributed by atoms with Crippen LogP contribution >= 0.6 is 0 Å². The van der Waals surface area contributed by atoms with Gasteiger partial charge >= 0.3 is 0 Å². The monoisotopic (exact) mass is 358 g/mol. The maximum atomic E-state index is 12.8. The SMILES string of the molecule is CCN1CC2(CCCN(C(=O)CN(C)Cc3cccnc3)C2)CCC1=O. The molecule has 2 fully saturated rings. The van der Waals surface area contributed by atoms with E-state index < -0.39 is 0 Å². The van der Waals surface area contributed by atoms with Crippen LogP contribution in [-0.2, 0) is 16.1 Å². The number of carbonyl (C=O) groups is 2. The van der Waals surface area contributed by atoms with Crippen LogP contribution in [0.3, 0.4) is 0 Å². The van der Waals surface area contributed by atoms with E-state index in [1.807, 2.05) is 47.0 Å². The third-order valence-corrected chi connectivity index (χ3v) is 5.72. The van der Waals surface area contributed by atoms with Gasteiger partial charge in [-0.3, -0.25) is 19.5 Å². The number of hydrogen-bond acceptors (Lipinski definition) is 4. The first-order valence-corrected chi connectivity index (χ1v) is 9.64. The predicted octanol–water partition coefficient (Wildman–Crippen LogP) is 1.76. The Hall–Kier alpha value is -1.95. The molecule has 6 nitrogen and oxygen atoms in total. The first kappa shape index (κ1) is 18.8. The van der Waals surface area contributed by atoms with Crippen LogP contribution in [0, 0.1) is 5.41 Å². The van der Waals surface area contributed by atoms with E-state index in [2.05, 4.69) is 4.98 Å². The summed E-state index contributed by atoms with van der Waals surface area (Å²) in [7, 11) is 1.97. The topological polar surface area (TPSA) is 56.8 Å². The van der Waals surface area contributed by atoms with Crippen molar-refractivity contribution < 1.29 is 9.59 Å². The van der Waals surface area contributed by atoms with Gasteiger partial charge in [-0.1, -0.05) is 6.07 Å². The molecule has 0 radical (unpaired) electrons. The highest BCUT2D eigenvalue weighted by Gasteiger charge is 2.42. The summed E-state index contributed by atoms with van der Waals surface area (Å²) in [6.45, 7) is 6.37. The largest absolute Gasteiger partial charge is 0.342 e. The van der Waals surface area contributed by atoms with E-state index >= 15 is 0 Å². The first-order valence-electron chi connectivity index (χ1n) is 9.64. The second kappa shape index (κ2) is 8.16. The summed E-state index contributed by atoms with van der Waals surface area (Å²) in [6, 6.07) is 3.95. The average molecular weight is 358 g/mol. The number of hydrogen-bond donors (Lipinski definition) is 0.